The standard InChI is InChI=1S/C18H20ClFO/c1-18(2,3)13-6-4-12(5-7-13)10-17(21)15-11-14(19)8-9-16(15)20/h4-9,11,17,21H,10H2,1-3H3. The number of aliphatic hydroxyl groups excluding tert-OH is 1. The third-order valence-corrected chi connectivity index (χ3v) is 3.80. The van der Waals surface area contributed by atoms with Gasteiger partial charge in [-0.3, -0.25) is 0 Å². The third-order valence-electron chi connectivity index (χ3n) is 3.57. The second-order valence-corrected chi connectivity index (χ2v) is 6.77. The molecule has 1 atom stereocenters. The molecule has 2 rings (SSSR count). The van der Waals surface area contributed by atoms with E-state index in [2.05, 4.69) is 32.9 Å². The Labute approximate surface area is 130 Å². The molecule has 0 aliphatic heterocycles. The summed E-state index contributed by atoms with van der Waals surface area (Å²) in [6, 6.07) is 12.3. The van der Waals surface area contributed by atoms with Crippen molar-refractivity contribution in [2.24, 2.45) is 0 Å². The maximum Gasteiger partial charge on any atom is 0.129 e. The molecule has 1 N–H and O–H groups in total. The monoisotopic (exact) mass is 306 g/mol. The van der Waals surface area contributed by atoms with Crippen LogP contribution in [-0.2, 0) is 11.8 Å². The topological polar surface area (TPSA) is 20.2 Å². The zero-order chi connectivity index (χ0) is 15.6. The van der Waals surface area contributed by atoms with Crippen LogP contribution in [0.2, 0.25) is 5.02 Å². The molecule has 21 heavy (non-hydrogen) atoms. The number of rotatable bonds is 3. The Morgan fingerprint density at radius 2 is 1.71 bits per heavy atom. The molecule has 3 heteroatoms. The Hall–Kier alpha value is -1.38. The van der Waals surface area contributed by atoms with Gasteiger partial charge in [0.15, 0.2) is 0 Å². The molecular weight excluding hydrogens is 287 g/mol. The fourth-order valence-corrected chi connectivity index (χ4v) is 2.42. The molecule has 0 radical (unpaired) electrons. The van der Waals surface area contributed by atoms with Crippen LogP contribution in [0.25, 0.3) is 0 Å². The van der Waals surface area contributed by atoms with Crippen molar-refractivity contribution in [3.8, 4) is 0 Å². The number of benzene rings is 2. The second-order valence-electron chi connectivity index (χ2n) is 6.33. The molecule has 0 fully saturated rings. The Kier molecular flexibility index (Phi) is 4.70. The van der Waals surface area contributed by atoms with Crippen molar-refractivity contribution in [3.05, 3.63) is 70.0 Å². The molecular formula is C18H20ClFO. The van der Waals surface area contributed by atoms with Crippen LogP contribution in [0.15, 0.2) is 42.5 Å². The van der Waals surface area contributed by atoms with Crippen molar-refractivity contribution in [3.63, 3.8) is 0 Å². The lowest BCUT2D eigenvalue weighted by molar-refractivity contribution is 0.173. The van der Waals surface area contributed by atoms with Crippen LogP contribution in [0.5, 0.6) is 0 Å². The first-order chi connectivity index (χ1) is 9.77. The van der Waals surface area contributed by atoms with Crippen LogP contribution in [-0.4, -0.2) is 5.11 Å². The largest absolute Gasteiger partial charge is 0.388 e. The summed E-state index contributed by atoms with van der Waals surface area (Å²) in [6.45, 7) is 6.45. The van der Waals surface area contributed by atoms with Gasteiger partial charge >= 0.3 is 0 Å². The van der Waals surface area contributed by atoms with Crippen molar-refractivity contribution in [2.45, 2.75) is 38.7 Å². The van der Waals surface area contributed by atoms with Crippen LogP contribution in [0, 0.1) is 5.82 Å². The van der Waals surface area contributed by atoms with Crippen LogP contribution >= 0.6 is 11.6 Å². The lowest BCUT2D eigenvalue weighted by atomic mass is 9.86. The van der Waals surface area contributed by atoms with Gasteiger partial charge in [0.1, 0.15) is 5.82 Å². The van der Waals surface area contributed by atoms with Crippen molar-refractivity contribution < 1.29 is 9.50 Å². The van der Waals surface area contributed by atoms with Crippen LogP contribution < -0.4 is 0 Å². The summed E-state index contributed by atoms with van der Waals surface area (Å²) >= 11 is 5.86. The summed E-state index contributed by atoms with van der Waals surface area (Å²) in [7, 11) is 0. The van der Waals surface area contributed by atoms with Crippen LogP contribution in [0.1, 0.15) is 43.6 Å². The minimum Gasteiger partial charge on any atom is -0.388 e. The van der Waals surface area contributed by atoms with E-state index in [1.165, 1.54) is 23.8 Å². The first-order valence-corrected chi connectivity index (χ1v) is 7.37. The molecule has 0 amide bonds. The SMILES string of the molecule is CC(C)(C)c1ccc(CC(O)c2cc(Cl)ccc2F)cc1. The van der Waals surface area contributed by atoms with E-state index >= 15 is 0 Å². The van der Waals surface area contributed by atoms with Gasteiger partial charge in [-0.15, -0.1) is 0 Å². The van der Waals surface area contributed by atoms with E-state index in [9.17, 15) is 9.50 Å². The summed E-state index contributed by atoms with van der Waals surface area (Å²) in [5.41, 5.74) is 2.53. The molecule has 0 bridgehead atoms. The Morgan fingerprint density at radius 3 is 2.29 bits per heavy atom. The molecule has 2 aromatic carbocycles. The summed E-state index contributed by atoms with van der Waals surface area (Å²) < 4.78 is 13.7. The number of hydrogen-bond donors (Lipinski definition) is 1. The van der Waals surface area contributed by atoms with Gasteiger partial charge in [0, 0.05) is 17.0 Å². The van der Waals surface area contributed by atoms with E-state index in [-0.39, 0.29) is 11.0 Å². The molecule has 0 heterocycles. The van der Waals surface area contributed by atoms with Gasteiger partial charge in [-0.05, 0) is 34.7 Å². The maximum atomic E-state index is 13.7. The van der Waals surface area contributed by atoms with Crippen molar-refractivity contribution in [1.82, 2.24) is 0 Å². The molecule has 0 saturated carbocycles. The predicted octanol–water partition coefficient (Wildman–Crippen LogP) is 5.05. The average Bonchev–Trinajstić information content (AvgIpc) is 2.41. The quantitative estimate of drug-likeness (QED) is 0.841. The molecule has 1 nitrogen and oxygen atoms in total. The van der Waals surface area contributed by atoms with Crippen LogP contribution in [0.4, 0.5) is 4.39 Å². The Bertz CT molecular complexity index is 614. The first-order valence-electron chi connectivity index (χ1n) is 7.00. The van der Waals surface area contributed by atoms with Gasteiger partial charge in [-0.25, -0.2) is 4.39 Å². The normalized spacial score (nSPS) is 13.2. The molecule has 0 aromatic heterocycles. The molecule has 112 valence electrons. The molecule has 1 unspecified atom stereocenters. The zero-order valence-corrected chi connectivity index (χ0v) is 13.3. The lowest BCUT2D eigenvalue weighted by Crippen LogP contribution is -2.11. The maximum absolute atomic E-state index is 13.7. The first kappa shape index (κ1) is 16.0. The van der Waals surface area contributed by atoms with Gasteiger partial charge < -0.3 is 5.11 Å². The summed E-state index contributed by atoms with van der Waals surface area (Å²) in [5.74, 6) is -0.432. The molecule has 0 spiro atoms. The lowest BCUT2D eigenvalue weighted by Gasteiger charge is -2.19. The summed E-state index contributed by atoms with van der Waals surface area (Å²) in [6.07, 6.45) is -0.536. The number of hydrogen-bond acceptors (Lipinski definition) is 1. The van der Waals surface area contributed by atoms with Gasteiger partial charge in [0.25, 0.3) is 0 Å². The highest BCUT2D eigenvalue weighted by atomic mass is 35.5. The Balaban J connectivity index is 2.16. The second kappa shape index (κ2) is 6.17. The van der Waals surface area contributed by atoms with E-state index < -0.39 is 11.9 Å². The van der Waals surface area contributed by atoms with E-state index in [0.29, 0.717) is 11.4 Å². The number of halogens is 2. The highest BCUT2D eigenvalue weighted by Crippen LogP contribution is 2.26. The molecule has 0 aliphatic carbocycles. The van der Waals surface area contributed by atoms with Gasteiger partial charge in [-0.2, -0.15) is 0 Å². The zero-order valence-electron chi connectivity index (χ0n) is 12.5. The smallest absolute Gasteiger partial charge is 0.129 e. The third kappa shape index (κ3) is 4.05. The van der Waals surface area contributed by atoms with E-state index in [4.69, 9.17) is 11.6 Å². The highest BCUT2D eigenvalue weighted by Gasteiger charge is 2.16. The van der Waals surface area contributed by atoms with E-state index in [1.54, 1.807) is 0 Å². The average molecular weight is 307 g/mol. The molecule has 0 aliphatic rings. The highest BCUT2D eigenvalue weighted by molar-refractivity contribution is 6.30. The van der Waals surface area contributed by atoms with Crippen LogP contribution in [0.3, 0.4) is 0 Å². The molecule has 0 saturated heterocycles. The fourth-order valence-electron chi connectivity index (χ4n) is 2.24. The predicted molar refractivity (Wildman–Crippen MR) is 85.2 cm³/mol. The molecule has 2 aromatic rings. The Morgan fingerprint density at radius 1 is 1.10 bits per heavy atom. The van der Waals surface area contributed by atoms with Gasteiger partial charge in [0.05, 0.1) is 6.10 Å². The van der Waals surface area contributed by atoms with Crippen molar-refractivity contribution in [2.75, 3.05) is 0 Å². The van der Waals surface area contributed by atoms with Gasteiger partial charge in [-0.1, -0.05) is 56.6 Å². The van der Waals surface area contributed by atoms with E-state index in [1.807, 2.05) is 12.1 Å². The number of aliphatic hydroxyl groups is 1. The summed E-state index contributed by atoms with van der Waals surface area (Å²) in [4.78, 5) is 0. The van der Waals surface area contributed by atoms with Gasteiger partial charge in [0.2, 0.25) is 0 Å². The minimum atomic E-state index is -0.899. The van der Waals surface area contributed by atoms with E-state index in [0.717, 1.165) is 5.56 Å². The fraction of sp³-hybridized carbons (Fsp3) is 0.333. The minimum absolute atomic E-state index is 0.0935. The van der Waals surface area contributed by atoms with Crippen molar-refractivity contribution >= 4 is 11.6 Å². The van der Waals surface area contributed by atoms with Crippen molar-refractivity contribution in [1.29, 1.82) is 0 Å². The summed E-state index contributed by atoms with van der Waals surface area (Å²) in [5, 5.41) is 10.6.